The van der Waals surface area contributed by atoms with Crippen LogP contribution in [-0.4, -0.2) is 70.1 Å². The maximum atomic E-state index is 12.5. The highest BCUT2D eigenvalue weighted by Crippen LogP contribution is 2.19. The monoisotopic (exact) mass is 372 g/mol. The number of carboxylic acids is 2. The number of rotatable bonds is 11. The summed E-state index contributed by atoms with van der Waals surface area (Å²) in [6.07, 6.45) is 2.37. The Morgan fingerprint density at radius 3 is 2.42 bits per heavy atom. The molecule has 1 fully saturated rings. The van der Waals surface area contributed by atoms with Gasteiger partial charge in [0.15, 0.2) is 0 Å². The minimum atomic E-state index is -1.31. The molecule has 0 aromatic rings. The van der Waals surface area contributed by atoms with E-state index in [1.807, 2.05) is 0 Å². The molecule has 3 atom stereocenters. The molecule has 1 saturated heterocycles. The molecule has 1 heterocycles. The summed E-state index contributed by atoms with van der Waals surface area (Å²) in [4.78, 5) is 48.1. The number of hydrogen-bond donors (Lipinski definition) is 5. The second kappa shape index (κ2) is 10.7. The van der Waals surface area contributed by atoms with Crippen molar-refractivity contribution in [2.75, 3.05) is 13.1 Å². The van der Waals surface area contributed by atoms with E-state index in [2.05, 4.69) is 5.32 Å². The Hall–Kier alpha value is -2.20. The molecule has 0 radical (unpaired) electrons. The zero-order chi connectivity index (χ0) is 19.7. The summed E-state index contributed by atoms with van der Waals surface area (Å²) in [6.45, 7) is 0.900. The standard InChI is InChI=1S/C16H28N4O6/c17-8-2-1-4-10(18)15(24)20-9-3-5-12(20)14(23)19-11(16(25)26)6-7-13(21)22/h10-12H,1-9,17-18H2,(H,19,23)(H,21,22)(H,25,26)/t10-,11-,12-/m0/s1. The number of likely N-dealkylation sites (tertiary alicyclic amines) is 1. The average molecular weight is 372 g/mol. The molecule has 148 valence electrons. The van der Waals surface area contributed by atoms with E-state index in [1.165, 1.54) is 4.90 Å². The lowest BCUT2D eigenvalue weighted by atomic mass is 10.1. The van der Waals surface area contributed by atoms with Crippen molar-refractivity contribution < 1.29 is 29.4 Å². The summed E-state index contributed by atoms with van der Waals surface area (Å²) in [7, 11) is 0. The molecular formula is C16H28N4O6. The van der Waals surface area contributed by atoms with E-state index in [1.54, 1.807) is 0 Å². The van der Waals surface area contributed by atoms with Gasteiger partial charge in [0.1, 0.15) is 12.1 Å². The molecule has 0 spiro atoms. The minimum absolute atomic E-state index is 0.227. The summed E-state index contributed by atoms with van der Waals surface area (Å²) in [5.74, 6) is -3.39. The Morgan fingerprint density at radius 1 is 1.15 bits per heavy atom. The third-order valence-electron chi connectivity index (χ3n) is 4.39. The molecule has 2 amide bonds. The summed E-state index contributed by atoms with van der Waals surface area (Å²) in [5, 5.41) is 20.2. The molecule has 1 aliphatic rings. The maximum absolute atomic E-state index is 12.5. The number of carboxylic acid groups (broad SMARTS) is 2. The fourth-order valence-electron chi connectivity index (χ4n) is 2.94. The molecule has 0 saturated carbocycles. The van der Waals surface area contributed by atoms with Gasteiger partial charge in [0.05, 0.1) is 6.04 Å². The predicted octanol–water partition coefficient (Wildman–Crippen LogP) is -1.13. The third kappa shape index (κ3) is 6.60. The first kappa shape index (κ1) is 21.8. The van der Waals surface area contributed by atoms with Crippen LogP contribution in [0.3, 0.4) is 0 Å². The van der Waals surface area contributed by atoms with Crippen LogP contribution in [0.4, 0.5) is 0 Å². The van der Waals surface area contributed by atoms with Crippen molar-refractivity contribution in [2.45, 2.75) is 63.1 Å². The minimum Gasteiger partial charge on any atom is -0.481 e. The topological polar surface area (TPSA) is 176 Å². The van der Waals surface area contributed by atoms with Crippen molar-refractivity contribution in [3.63, 3.8) is 0 Å². The Bertz CT molecular complexity index is 527. The molecule has 7 N–H and O–H groups in total. The molecule has 10 heteroatoms. The van der Waals surface area contributed by atoms with Gasteiger partial charge in [-0.05, 0) is 38.6 Å². The Morgan fingerprint density at radius 2 is 1.85 bits per heavy atom. The lowest BCUT2D eigenvalue weighted by Crippen LogP contribution is -2.53. The molecule has 0 aromatic heterocycles. The summed E-state index contributed by atoms with van der Waals surface area (Å²) < 4.78 is 0. The van der Waals surface area contributed by atoms with E-state index in [0.29, 0.717) is 38.8 Å². The van der Waals surface area contributed by atoms with Gasteiger partial charge in [0.2, 0.25) is 11.8 Å². The van der Waals surface area contributed by atoms with Crippen molar-refractivity contribution in [1.82, 2.24) is 10.2 Å². The van der Waals surface area contributed by atoms with Crippen LogP contribution < -0.4 is 16.8 Å². The molecule has 1 rings (SSSR count). The lowest BCUT2D eigenvalue weighted by Gasteiger charge is -2.27. The van der Waals surface area contributed by atoms with Gasteiger partial charge < -0.3 is 31.9 Å². The van der Waals surface area contributed by atoms with Crippen LogP contribution in [0, 0.1) is 0 Å². The Labute approximate surface area is 151 Å². The van der Waals surface area contributed by atoms with E-state index in [9.17, 15) is 19.2 Å². The highest BCUT2D eigenvalue weighted by atomic mass is 16.4. The maximum Gasteiger partial charge on any atom is 0.326 e. The van der Waals surface area contributed by atoms with Gasteiger partial charge >= 0.3 is 11.9 Å². The van der Waals surface area contributed by atoms with E-state index in [-0.39, 0.29) is 18.7 Å². The predicted molar refractivity (Wildman–Crippen MR) is 92.1 cm³/mol. The first-order chi connectivity index (χ1) is 12.3. The fourth-order valence-corrected chi connectivity index (χ4v) is 2.94. The number of nitrogens with zero attached hydrogens (tertiary/aromatic N) is 1. The first-order valence-electron chi connectivity index (χ1n) is 8.79. The van der Waals surface area contributed by atoms with Crippen molar-refractivity contribution in [3.05, 3.63) is 0 Å². The SMILES string of the molecule is NCCCC[C@H](N)C(=O)N1CCC[C@H]1C(=O)N[C@@H](CCC(=O)O)C(=O)O. The smallest absolute Gasteiger partial charge is 0.326 e. The highest BCUT2D eigenvalue weighted by Gasteiger charge is 2.37. The van der Waals surface area contributed by atoms with Crippen molar-refractivity contribution in [3.8, 4) is 0 Å². The number of aliphatic carboxylic acids is 2. The van der Waals surface area contributed by atoms with Gasteiger partial charge in [-0.2, -0.15) is 0 Å². The van der Waals surface area contributed by atoms with E-state index in [4.69, 9.17) is 21.7 Å². The molecule has 26 heavy (non-hydrogen) atoms. The highest BCUT2D eigenvalue weighted by molar-refractivity contribution is 5.92. The van der Waals surface area contributed by atoms with Crippen LogP contribution in [-0.2, 0) is 19.2 Å². The van der Waals surface area contributed by atoms with E-state index in [0.717, 1.165) is 6.42 Å². The molecule has 0 aromatic carbocycles. The van der Waals surface area contributed by atoms with Gasteiger partial charge in [-0.25, -0.2) is 4.79 Å². The van der Waals surface area contributed by atoms with Gasteiger partial charge in [0.25, 0.3) is 0 Å². The number of nitrogens with two attached hydrogens (primary N) is 2. The lowest BCUT2D eigenvalue weighted by molar-refractivity contribution is -0.144. The molecular weight excluding hydrogens is 344 g/mol. The van der Waals surface area contributed by atoms with Crippen LogP contribution in [0.2, 0.25) is 0 Å². The average Bonchev–Trinajstić information content (AvgIpc) is 3.07. The van der Waals surface area contributed by atoms with E-state index < -0.39 is 36.0 Å². The van der Waals surface area contributed by atoms with Crippen LogP contribution in [0.5, 0.6) is 0 Å². The summed E-state index contributed by atoms with van der Waals surface area (Å²) in [6, 6.07) is -2.82. The Balaban J connectivity index is 2.66. The number of unbranched alkanes of at least 4 members (excludes halogenated alkanes) is 1. The second-order valence-corrected chi connectivity index (χ2v) is 6.41. The molecule has 0 unspecified atom stereocenters. The van der Waals surface area contributed by atoms with Crippen LogP contribution in [0.25, 0.3) is 0 Å². The van der Waals surface area contributed by atoms with Gasteiger partial charge in [-0.15, -0.1) is 0 Å². The van der Waals surface area contributed by atoms with Crippen molar-refractivity contribution in [2.24, 2.45) is 11.5 Å². The van der Waals surface area contributed by atoms with Crippen molar-refractivity contribution in [1.29, 1.82) is 0 Å². The van der Waals surface area contributed by atoms with Crippen LogP contribution in [0.1, 0.15) is 44.9 Å². The number of nitrogens with one attached hydrogen (secondary N) is 1. The number of carbonyl (C=O) groups excluding carboxylic acids is 2. The van der Waals surface area contributed by atoms with Gasteiger partial charge in [0, 0.05) is 13.0 Å². The third-order valence-corrected chi connectivity index (χ3v) is 4.39. The normalized spacial score (nSPS) is 19.0. The number of carbonyl (C=O) groups is 4. The quantitative estimate of drug-likeness (QED) is 0.283. The van der Waals surface area contributed by atoms with Gasteiger partial charge in [-0.3, -0.25) is 14.4 Å². The Kier molecular flexibility index (Phi) is 9.00. The summed E-state index contributed by atoms with van der Waals surface area (Å²) in [5.41, 5.74) is 11.3. The van der Waals surface area contributed by atoms with Crippen LogP contribution in [0.15, 0.2) is 0 Å². The fraction of sp³-hybridized carbons (Fsp3) is 0.750. The van der Waals surface area contributed by atoms with E-state index >= 15 is 0 Å². The van der Waals surface area contributed by atoms with Crippen molar-refractivity contribution >= 4 is 23.8 Å². The number of hydrogen-bond acceptors (Lipinski definition) is 6. The molecule has 10 nitrogen and oxygen atoms in total. The largest absolute Gasteiger partial charge is 0.481 e. The zero-order valence-electron chi connectivity index (χ0n) is 14.7. The molecule has 0 bridgehead atoms. The van der Waals surface area contributed by atoms with Gasteiger partial charge in [-0.1, -0.05) is 6.42 Å². The summed E-state index contributed by atoms with van der Waals surface area (Å²) >= 11 is 0. The molecule has 0 aliphatic carbocycles. The first-order valence-corrected chi connectivity index (χ1v) is 8.79. The van der Waals surface area contributed by atoms with Crippen LogP contribution >= 0.6 is 0 Å². The second-order valence-electron chi connectivity index (χ2n) is 6.41. The zero-order valence-corrected chi connectivity index (χ0v) is 14.7. The molecule has 1 aliphatic heterocycles. The number of amides is 2.